The number of pyridine rings is 1. The van der Waals surface area contributed by atoms with E-state index in [1.54, 1.807) is 0 Å². The Morgan fingerprint density at radius 1 is 1.15 bits per heavy atom. The molecule has 0 saturated carbocycles. The van der Waals surface area contributed by atoms with Crippen LogP contribution in [0.15, 0.2) is 36.5 Å². The molecule has 136 valence electrons. The molecule has 0 spiro atoms. The van der Waals surface area contributed by atoms with Gasteiger partial charge >= 0.3 is 0 Å². The largest absolute Gasteiger partial charge is 0.363 e. The van der Waals surface area contributed by atoms with Crippen molar-refractivity contribution < 1.29 is 4.57 Å². The monoisotopic (exact) mass is 348 g/mol. The second kappa shape index (κ2) is 6.13. The number of hydrogen-bond acceptors (Lipinski definition) is 2. The third-order valence-electron chi connectivity index (χ3n) is 6.12. The van der Waals surface area contributed by atoms with Gasteiger partial charge in [-0.15, -0.1) is 0 Å². The number of aromatic nitrogens is 1. The van der Waals surface area contributed by atoms with E-state index in [-0.39, 0.29) is 11.0 Å². The average molecular weight is 349 g/mol. The van der Waals surface area contributed by atoms with E-state index in [0.717, 1.165) is 17.8 Å². The van der Waals surface area contributed by atoms with Crippen LogP contribution in [0, 0.1) is 30.6 Å². The molecular formula is C23H30N3+. The molecule has 1 saturated heterocycles. The van der Waals surface area contributed by atoms with Crippen molar-refractivity contribution in [3.63, 3.8) is 0 Å². The molecule has 1 aromatic heterocycles. The van der Waals surface area contributed by atoms with Crippen LogP contribution < -0.4 is 9.47 Å². The van der Waals surface area contributed by atoms with Gasteiger partial charge in [-0.1, -0.05) is 19.9 Å². The van der Waals surface area contributed by atoms with E-state index in [2.05, 4.69) is 82.3 Å². The molecule has 1 atom stereocenters. The molecular weight excluding hydrogens is 318 g/mol. The Kier molecular flexibility index (Phi) is 4.35. The van der Waals surface area contributed by atoms with E-state index in [9.17, 15) is 5.26 Å². The summed E-state index contributed by atoms with van der Waals surface area (Å²) in [5.41, 5.74) is 5.64. The Bertz CT molecular complexity index is 887. The van der Waals surface area contributed by atoms with Crippen LogP contribution in [0.1, 0.15) is 57.9 Å². The topological polar surface area (TPSA) is 30.9 Å². The molecule has 1 aromatic carbocycles. The van der Waals surface area contributed by atoms with Gasteiger partial charge in [0.05, 0.1) is 11.6 Å². The highest BCUT2D eigenvalue weighted by Gasteiger charge is 2.49. The van der Waals surface area contributed by atoms with Crippen molar-refractivity contribution in [1.29, 1.82) is 5.26 Å². The van der Waals surface area contributed by atoms with E-state index in [1.165, 1.54) is 11.3 Å². The fraction of sp³-hybridized carbons (Fsp3) is 0.478. The molecule has 1 aliphatic rings. The van der Waals surface area contributed by atoms with Crippen molar-refractivity contribution in [2.75, 3.05) is 4.90 Å². The average Bonchev–Trinajstić information content (AvgIpc) is 2.72. The van der Waals surface area contributed by atoms with Gasteiger partial charge in [0.2, 0.25) is 5.69 Å². The van der Waals surface area contributed by atoms with Crippen LogP contribution in [0.5, 0.6) is 0 Å². The fourth-order valence-corrected chi connectivity index (χ4v) is 4.80. The first-order valence-corrected chi connectivity index (χ1v) is 9.40. The maximum absolute atomic E-state index is 9.66. The normalized spacial score (nSPS) is 20.8. The summed E-state index contributed by atoms with van der Waals surface area (Å²) < 4.78 is 2.18. The molecule has 3 nitrogen and oxygen atoms in total. The zero-order valence-electron chi connectivity index (χ0n) is 17.1. The molecule has 3 heteroatoms. The van der Waals surface area contributed by atoms with Crippen LogP contribution in [0.3, 0.4) is 0 Å². The van der Waals surface area contributed by atoms with Gasteiger partial charge < -0.3 is 4.90 Å². The minimum absolute atomic E-state index is 0.0510. The van der Waals surface area contributed by atoms with Gasteiger partial charge in [-0.25, -0.2) is 0 Å². The Labute approximate surface area is 157 Å². The Hall–Kier alpha value is -2.34. The van der Waals surface area contributed by atoms with Gasteiger partial charge in [0.1, 0.15) is 0 Å². The highest BCUT2D eigenvalue weighted by Crippen LogP contribution is 2.49. The third kappa shape index (κ3) is 2.88. The molecule has 0 radical (unpaired) electrons. The quantitative estimate of drug-likeness (QED) is 0.726. The third-order valence-corrected chi connectivity index (χ3v) is 6.12. The molecule has 2 aromatic rings. The van der Waals surface area contributed by atoms with Gasteiger partial charge in [-0.3, -0.25) is 0 Å². The molecule has 0 aliphatic carbocycles. The summed E-state index contributed by atoms with van der Waals surface area (Å²) in [5, 5.41) is 9.66. The highest BCUT2D eigenvalue weighted by atomic mass is 15.3. The van der Waals surface area contributed by atoms with Gasteiger partial charge in [0, 0.05) is 48.0 Å². The van der Waals surface area contributed by atoms with E-state index < -0.39 is 0 Å². The Balaban J connectivity index is 2.26. The van der Waals surface area contributed by atoms with Crippen molar-refractivity contribution >= 4 is 5.69 Å². The summed E-state index contributed by atoms with van der Waals surface area (Å²) in [5.74, 6) is 0. The van der Waals surface area contributed by atoms with E-state index >= 15 is 0 Å². The van der Waals surface area contributed by atoms with Gasteiger partial charge in [0.15, 0.2) is 11.9 Å². The van der Waals surface area contributed by atoms with Crippen LogP contribution in [-0.2, 0) is 0 Å². The van der Waals surface area contributed by atoms with Crippen molar-refractivity contribution in [1.82, 2.24) is 0 Å². The van der Waals surface area contributed by atoms with Gasteiger partial charge in [-0.05, 0) is 45.6 Å². The highest BCUT2D eigenvalue weighted by molar-refractivity contribution is 5.65. The van der Waals surface area contributed by atoms with Crippen molar-refractivity contribution in [3.8, 4) is 11.8 Å². The lowest BCUT2D eigenvalue weighted by Gasteiger charge is -2.38. The number of nitriles is 1. The standard InChI is InChI=1S/C23H30N3/c1-16-10-8-9-11-25(16)20-12-19(14-24)13-21(17(20)2)26-18(3)22(4,5)15-23(26,6)7/h8-13,18H,15H2,1-7H3/q+1/t18-/m1/s1. The van der Waals surface area contributed by atoms with Gasteiger partial charge in [-0.2, -0.15) is 9.83 Å². The molecule has 0 bridgehead atoms. The minimum atomic E-state index is 0.0510. The number of rotatable bonds is 2. The SMILES string of the molecule is Cc1c(N2[C@H](C)C(C)(C)CC2(C)C)cc(C#N)cc1-[n+]1ccccc1C. The molecule has 1 fully saturated rings. The molecule has 3 rings (SSSR count). The number of benzene rings is 1. The molecule has 26 heavy (non-hydrogen) atoms. The summed E-state index contributed by atoms with van der Waals surface area (Å²) >= 11 is 0. The first-order chi connectivity index (χ1) is 12.1. The van der Waals surface area contributed by atoms with Crippen LogP contribution in [0.2, 0.25) is 0 Å². The molecule has 1 aliphatic heterocycles. The summed E-state index contributed by atoms with van der Waals surface area (Å²) in [6.45, 7) is 15.9. The van der Waals surface area contributed by atoms with Crippen LogP contribution in [0.25, 0.3) is 5.69 Å². The summed E-state index contributed by atoms with van der Waals surface area (Å²) in [6.07, 6.45) is 3.20. The summed E-state index contributed by atoms with van der Waals surface area (Å²) in [7, 11) is 0. The van der Waals surface area contributed by atoms with E-state index in [1.807, 2.05) is 18.2 Å². The number of nitrogens with zero attached hydrogens (tertiary/aromatic N) is 3. The van der Waals surface area contributed by atoms with E-state index in [4.69, 9.17) is 0 Å². The van der Waals surface area contributed by atoms with Crippen molar-refractivity contribution in [3.05, 3.63) is 53.3 Å². The second-order valence-electron chi connectivity index (χ2n) is 8.99. The van der Waals surface area contributed by atoms with Crippen LogP contribution >= 0.6 is 0 Å². The first-order valence-electron chi connectivity index (χ1n) is 9.40. The molecule has 0 unspecified atom stereocenters. The zero-order valence-corrected chi connectivity index (χ0v) is 17.1. The zero-order chi connectivity index (χ0) is 19.3. The number of hydrogen-bond donors (Lipinski definition) is 0. The maximum Gasteiger partial charge on any atom is 0.217 e. The second-order valence-corrected chi connectivity index (χ2v) is 8.99. The Morgan fingerprint density at radius 2 is 1.85 bits per heavy atom. The lowest BCUT2D eigenvalue weighted by molar-refractivity contribution is -0.603. The maximum atomic E-state index is 9.66. The lowest BCUT2D eigenvalue weighted by atomic mass is 9.82. The molecule has 2 heterocycles. The first kappa shape index (κ1) is 18.5. The van der Waals surface area contributed by atoms with Crippen molar-refractivity contribution in [2.24, 2.45) is 5.41 Å². The Morgan fingerprint density at radius 3 is 2.38 bits per heavy atom. The predicted molar refractivity (Wildman–Crippen MR) is 107 cm³/mol. The number of aryl methyl sites for hydroxylation is 1. The predicted octanol–water partition coefficient (Wildman–Crippen LogP) is 4.86. The lowest BCUT2D eigenvalue weighted by Crippen LogP contribution is -2.44. The molecule has 0 N–H and O–H groups in total. The van der Waals surface area contributed by atoms with Crippen LogP contribution in [0.4, 0.5) is 5.69 Å². The minimum Gasteiger partial charge on any atom is -0.363 e. The van der Waals surface area contributed by atoms with Gasteiger partial charge in [0.25, 0.3) is 0 Å². The summed E-state index contributed by atoms with van der Waals surface area (Å²) in [6, 6.07) is 13.0. The number of anilines is 1. The van der Waals surface area contributed by atoms with Crippen LogP contribution in [-0.4, -0.2) is 11.6 Å². The van der Waals surface area contributed by atoms with Crippen molar-refractivity contribution in [2.45, 2.75) is 66.5 Å². The molecule has 0 amide bonds. The van der Waals surface area contributed by atoms with E-state index in [0.29, 0.717) is 11.6 Å². The fourth-order valence-electron chi connectivity index (χ4n) is 4.80. The summed E-state index contributed by atoms with van der Waals surface area (Å²) in [4.78, 5) is 2.53. The smallest absolute Gasteiger partial charge is 0.217 e.